The lowest BCUT2D eigenvalue weighted by Crippen LogP contribution is -2.21. The third-order valence-corrected chi connectivity index (χ3v) is 5.76. The Bertz CT molecular complexity index is 1390. The van der Waals surface area contributed by atoms with Crippen LogP contribution >= 0.6 is 15.9 Å². The first-order valence-electron chi connectivity index (χ1n) is 9.78. The molecule has 0 N–H and O–H groups in total. The molecule has 0 saturated heterocycles. The molecule has 30 heavy (non-hydrogen) atoms. The predicted molar refractivity (Wildman–Crippen MR) is 128 cm³/mol. The second-order valence-corrected chi connectivity index (χ2v) is 8.04. The molecule has 0 radical (unpaired) electrons. The molecule has 3 heteroatoms. The van der Waals surface area contributed by atoms with E-state index in [4.69, 9.17) is 0 Å². The summed E-state index contributed by atoms with van der Waals surface area (Å²) in [6.07, 6.45) is 0. The van der Waals surface area contributed by atoms with Crippen LogP contribution in [0.4, 0.5) is 0 Å². The van der Waals surface area contributed by atoms with Gasteiger partial charge in [-0.2, -0.15) is 0 Å². The number of hydrogen-bond donors (Lipinski definition) is 0. The van der Waals surface area contributed by atoms with E-state index < -0.39 is 0 Å². The van der Waals surface area contributed by atoms with E-state index in [9.17, 15) is 4.79 Å². The van der Waals surface area contributed by atoms with Crippen LogP contribution in [0.2, 0.25) is 0 Å². The summed E-state index contributed by atoms with van der Waals surface area (Å²) in [7, 11) is 0. The normalized spacial score (nSPS) is 11.0. The second kappa shape index (κ2) is 7.77. The van der Waals surface area contributed by atoms with Crippen LogP contribution in [0.15, 0.2) is 118 Å². The Hall–Kier alpha value is -3.43. The van der Waals surface area contributed by atoms with Gasteiger partial charge < -0.3 is 0 Å². The molecule has 1 heterocycles. The molecule has 0 atom stereocenters. The maximum Gasteiger partial charge on any atom is 0.263 e. The number of pyridine rings is 1. The Kier molecular flexibility index (Phi) is 4.82. The van der Waals surface area contributed by atoms with Crippen LogP contribution in [0.1, 0.15) is 0 Å². The van der Waals surface area contributed by atoms with Gasteiger partial charge in [-0.05, 0) is 46.8 Å². The van der Waals surface area contributed by atoms with Gasteiger partial charge in [0.25, 0.3) is 5.56 Å². The Balaban J connectivity index is 2.05. The summed E-state index contributed by atoms with van der Waals surface area (Å²) < 4.78 is 2.79. The molecular weight excluding hydrogens is 434 g/mol. The zero-order chi connectivity index (χ0) is 20.5. The Morgan fingerprint density at radius 2 is 1.17 bits per heavy atom. The molecule has 144 valence electrons. The number of para-hydroxylation sites is 1. The summed E-state index contributed by atoms with van der Waals surface area (Å²) in [6, 6.07) is 36.1. The molecular formula is C27H18BrNO. The monoisotopic (exact) mass is 451 g/mol. The van der Waals surface area contributed by atoms with Crippen LogP contribution in [-0.2, 0) is 0 Å². The first kappa shape index (κ1) is 18.6. The number of benzene rings is 4. The van der Waals surface area contributed by atoms with Crippen LogP contribution < -0.4 is 5.56 Å². The summed E-state index contributed by atoms with van der Waals surface area (Å²) in [4.78, 5) is 13.8. The van der Waals surface area contributed by atoms with Gasteiger partial charge in [-0.15, -0.1) is 0 Å². The lowest BCUT2D eigenvalue weighted by atomic mass is 9.93. The Morgan fingerprint density at radius 3 is 1.80 bits per heavy atom. The molecule has 0 aliphatic heterocycles. The van der Waals surface area contributed by atoms with E-state index in [0.717, 1.165) is 37.9 Å². The van der Waals surface area contributed by atoms with Crippen molar-refractivity contribution in [2.24, 2.45) is 0 Å². The zero-order valence-electron chi connectivity index (χ0n) is 16.1. The van der Waals surface area contributed by atoms with E-state index in [1.165, 1.54) is 0 Å². The highest BCUT2D eigenvalue weighted by Gasteiger charge is 2.20. The van der Waals surface area contributed by atoms with Crippen LogP contribution in [0, 0.1) is 0 Å². The van der Waals surface area contributed by atoms with E-state index in [1.807, 2.05) is 89.5 Å². The van der Waals surface area contributed by atoms with E-state index in [-0.39, 0.29) is 5.56 Å². The molecule has 0 saturated carbocycles. The number of aromatic nitrogens is 1. The lowest BCUT2D eigenvalue weighted by Gasteiger charge is -2.21. The van der Waals surface area contributed by atoms with Gasteiger partial charge in [0.15, 0.2) is 0 Å². The Labute approximate surface area is 183 Å². The van der Waals surface area contributed by atoms with Crippen molar-refractivity contribution in [2.75, 3.05) is 0 Å². The van der Waals surface area contributed by atoms with Gasteiger partial charge in [-0.3, -0.25) is 9.36 Å². The fourth-order valence-corrected chi connectivity index (χ4v) is 4.32. The van der Waals surface area contributed by atoms with Crippen LogP contribution in [0.5, 0.6) is 0 Å². The molecule has 0 aliphatic rings. The second-order valence-electron chi connectivity index (χ2n) is 7.12. The standard InChI is InChI=1S/C27H18BrNO/c28-21-16-17-23-24(18-21)25(19-10-4-1-5-11-19)26(20-12-6-2-7-13-20)29(27(23)30)22-14-8-3-9-15-22/h1-18H. The number of halogens is 1. The van der Waals surface area contributed by atoms with Crippen molar-refractivity contribution in [1.29, 1.82) is 0 Å². The highest BCUT2D eigenvalue weighted by molar-refractivity contribution is 9.10. The first-order valence-corrected chi connectivity index (χ1v) is 10.6. The van der Waals surface area contributed by atoms with Crippen LogP contribution in [0.25, 0.3) is 38.8 Å². The molecule has 5 rings (SSSR count). The maximum absolute atomic E-state index is 13.8. The molecule has 2 nitrogen and oxygen atoms in total. The average molecular weight is 452 g/mol. The topological polar surface area (TPSA) is 22.0 Å². The molecule has 0 amide bonds. The third-order valence-electron chi connectivity index (χ3n) is 5.27. The highest BCUT2D eigenvalue weighted by atomic mass is 79.9. The van der Waals surface area contributed by atoms with Crippen molar-refractivity contribution >= 4 is 26.7 Å². The molecule has 0 unspecified atom stereocenters. The van der Waals surface area contributed by atoms with E-state index >= 15 is 0 Å². The minimum absolute atomic E-state index is 0.0257. The average Bonchev–Trinajstić information content (AvgIpc) is 2.80. The van der Waals surface area contributed by atoms with E-state index in [2.05, 4.69) is 40.2 Å². The maximum atomic E-state index is 13.8. The van der Waals surface area contributed by atoms with Gasteiger partial charge in [-0.25, -0.2) is 0 Å². The van der Waals surface area contributed by atoms with E-state index in [0.29, 0.717) is 5.39 Å². The first-order chi connectivity index (χ1) is 14.7. The molecule has 0 bridgehead atoms. The molecule has 0 spiro atoms. The number of rotatable bonds is 3. The largest absolute Gasteiger partial charge is 0.276 e. The number of hydrogen-bond acceptors (Lipinski definition) is 1. The van der Waals surface area contributed by atoms with Gasteiger partial charge in [0.05, 0.1) is 5.69 Å². The van der Waals surface area contributed by atoms with E-state index in [1.54, 1.807) is 0 Å². The highest BCUT2D eigenvalue weighted by Crippen LogP contribution is 2.38. The summed E-state index contributed by atoms with van der Waals surface area (Å²) >= 11 is 3.60. The van der Waals surface area contributed by atoms with Gasteiger partial charge in [0, 0.05) is 21.1 Å². The van der Waals surface area contributed by atoms with Crippen molar-refractivity contribution in [3.05, 3.63) is 124 Å². The summed E-state index contributed by atoms with van der Waals surface area (Å²) in [5.74, 6) is 0. The van der Waals surface area contributed by atoms with Gasteiger partial charge in [-0.1, -0.05) is 94.8 Å². The Morgan fingerprint density at radius 1 is 0.600 bits per heavy atom. The van der Waals surface area contributed by atoms with Crippen molar-refractivity contribution in [3.8, 4) is 28.1 Å². The van der Waals surface area contributed by atoms with Crippen molar-refractivity contribution in [3.63, 3.8) is 0 Å². The predicted octanol–water partition coefficient (Wildman–Crippen LogP) is 7.09. The van der Waals surface area contributed by atoms with Crippen molar-refractivity contribution in [1.82, 2.24) is 4.57 Å². The summed E-state index contributed by atoms with van der Waals surface area (Å²) in [5.41, 5.74) is 4.83. The van der Waals surface area contributed by atoms with Crippen molar-refractivity contribution < 1.29 is 0 Å². The molecule has 0 aliphatic carbocycles. The minimum Gasteiger partial charge on any atom is -0.276 e. The van der Waals surface area contributed by atoms with Gasteiger partial charge >= 0.3 is 0 Å². The fourth-order valence-electron chi connectivity index (χ4n) is 3.96. The summed E-state index contributed by atoms with van der Waals surface area (Å²) in [5, 5.41) is 1.63. The summed E-state index contributed by atoms with van der Waals surface area (Å²) in [6.45, 7) is 0. The SMILES string of the molecule is O=c1c2ccc(Br)cc2c(-c2ccccc2)c(-c2ccccc2)n1-c1ccccc1. The number of fused-ring (bicyclic) bond motifs is 1. The molecule has 0 fully saturated rings. The minimum atomic E-state index is -0.0257. The molecule has 5 aromatic rings. The molecule has 1 aromatic heterocycles. The van der Waals surface area contributed by atoms with Gasteiger partial charge in [0.1, 0.15) is 0 Å². The quantitative estimate of drug-likeness (QED) is 0.287. The molecule has 4 aromatic carbocycles. The van der Waals surface area contributed by atoms with Crippen molar-refractivity contribution in [2.45, 2.75) is 0 Å². The third kappa shape index (κ3) is 3.17. The van der Waals surface area contributed by atoms with Crippen LogP contribution in [-0.4, -0.2) is 4.57 Å². The van der Waals surface area contributed by atoms with Crippen LogP contribution in [0.3, 0.4) is 0 Å². The smallest absolute Gasteiger partial charge is 0.263 e. The number of nitrogens with zero attached hydrogens (tertiary/aromatic N) is 1. The lowest BCUT2D eigenvalue weighted by molar-refractivity contribution is 1.02. The fraction of sp³-hybridized carbons (Fsp3) is 0. The van der Waals surface area contributed by atoms with Gasteiger partial charge in [0.2, 0.25) is 0 Å². The zero-order valence-corrected chi connectivity index (χ0v) is 17.7.